The van der Waals surface area contributed by atoms with Crippen molar-refractivity contribution in [1.82, 2.24) is 4.72 Å². The highest BCUT2D eigenvalue weighted by Crippen LogP contribution is 2.26. The quantitative estimate of drug-likeness (QED) is 0.842. The normalized spacial score (nSPS) is 17.5. The Morgan fingerprint density at radius 2 is 1.77 bits per heavy atom. The Hall–Kier alpha value is -2.38. The van der Waals surface area contributed by atoms with E-state index < -0.39 is 10.0 Å². The third kappa shape index (κ3) is 4.05. The fraction of sp³-hybridized carbons (Fsp3) is 0.316. The molecule has 0 unspecified atom stereocenters. The Morgan fingerprint density at radius 3 is 2.38 bits per heavy atom. The number of methoxy groups -OCH3 is 1. The number of carbonyl (C=O) groups is 1. The zero-order valence-electron chi connectivity index (χ0n) is 14.8. The Kier molecular flexibility index (Phi) is 5.29. The lowest BCUT2D eigenvalue weighted by Gasteiger charge is -2.17. The van der Waals surface area contributed by atoms with E-state index in [0.29, 0.717) is 13.0 Å². The number of anilines is 1. The first-order valence-electron chi connectivity index (χ1n) is 8.40. The molecule has 1 saturated heterocycles. The fourth-order valence-electron chi connectivity index (χ4n) is 2.96. The van der Waals surface area contributed by atoms with E-state index in [1.54, 1.807) is 48.4 Å². The third-order valence-electron chi connectivity index (χ3n) is 4.48. The second-order valence-corrected chi connectivity index (χ2v) is 8.20. The highest BCUT2D eigenvalue weighted by atomic mass is 32.2. The van der Waals surface area contributed by atoms with Crippen molar-refractivity contribution in [1.29, 1.82) is 0 Å². The van der Waals surface area contributed by atoms with Gasteiger partial charge in [-0.25, -0.2) is 13.1 Å². The number of hydrogen-bond acceptors (Lipinski definition) is 4. The molecule has 1 aliphatic rings. The van der Waals surface area contributed by atoms with Gasteiger partial charge < -0.3 is 9.64 Å². The van der Waals surface area contributed by atoms with Gasteiger partial charge in [-0.15, -0.1) is 0 Å². The minimum atomic E-state index is -3.57. The van der Waals surface area contributed by atoms with Gasteiger partial charge >= 0.3 is 0 Å². The van der Waals surface area contributed by atoms with Crippen LogP contribution in [0.25, 0.3) is 0 Å². The summed E-state index contributed by atoms with van der Waals surface area (Å²) in [5, 5.41) is 0. The van der Waals surface area contributed by atoms with Crippen LogP contribution in [0.3, 0.4) is 0 Å². The number of aryl methyl sites for hydroxylation is 1. The SMILES string of the molecule is COc1ccc(N2C[C@@H](CNS(=O)(=O)c3ccc(C)cc3)CC2=O)cc1. The second kappa shape index (κ2) is 7.47. The summed E-state index contributed by atoms with van der Waals surface area (Å²) in [6, 6.07) is 14.0. The van der Waals surface area contributed by atoms with Crippen LogP contribution in [-0.4, -0.2) is 34.5 Å². The van der Waals surface area contributed by atoms with E-state index in [1.165, 1.54) is 0 Å². The molecule has 3 rings (SSSR count). The number of amides is 1. The molecule has 1 atom stereocenters. The summed E-state index contributed by atoms with van der Waals surface area (Å²) in [6.45, 7) is 2.62. The molecule has 0 aliphatic carbocycles. The molecule has 26 heavy (non-hydrogen) atoms. The van der Waals surface area contributed by atoms with Crippen molar-refractivity contribution in [3.8, 4) is 5.75 Å². The van der Waals surface area contributed by atoms with Crippen LogP contribution in [0.2, 0.25) is 0 Å². The molecular formula is C19H22N2O4S. The lowest BCUT2D eigenvalue weighted by atomic mass is 10.1. The van der Waals surface area contributed by atoms with Gasteiger partial charge in [0.15, 0.2) is 0 Å². The first-order chi connectivity index (χ1) is 12.4. The van der Waals surface area contributed by atoms with E-state index in [0.717, 1.165) is 17.0 Å². The van der Waals surface area contributed by atoms with Crippen LogP contribution in [0.1, 0.15) is 12.0 Å². The monoisotopic (exact) mass is 374 g/mol. The minimum Gasteiger partial charge on any atom is -0.497 e. The van der Waals surface area contributed by atoms with E-state index in [-0.39, 0.29) is 23.3 Å². The number of carbonyl (C=O) groups excluding carboxylic acids is 1. The maximum absolute atomic E-state index is 12.4. The van der Waals surface area contributed by atoms with Gasteiger partial charge in [0.25, 0.3) is 0 Å². The molecule has 1 aliphatic heterocycles. The van der Waals surface area contributed by atoms with Crippen LogP contribution < -0.4 is 14.4 Å². The van der Waals surface area contributed by atoms with E-state index in [9.17, 15) is 13.2 Å². The Morgan fingerprint density at radius 1 is 1.12 bits per heavy atom. The summed E-state index contributed by atoms with van der Waals surface area (Å²) in [5.41, 5.74) is 1.79. The first-order valence-corrected chi connectivity index (χ1v) is 9.88. The lowest BCUT2D eigenvalue weighted by Crippen LogP contribution is -2.31. The third-order valence-corrected chi connectivity index (χ3v) is 5.92. The number of ether oxygens (including phenoxy) is 1. The van der Waals surface area contributed by atoms with Crippen molar-refractivity contribution < 1.29 is 17.9 Å². The fourth-order valence-corrected chi connectivity index (χ4v) is 4.07. The predicted octanol–water partition coefficient (Wildman–Crippen LogP) is 2.34. The number of benzene rings is 2. The Bertz CT molecular complexity index is 877. The van der Waals surface area contributed by atoms with Crippen molar-refractivity contribution >= 4 is 21.6 Å². The maximum atomic E-state index is 12.4. The van der Waals surface area contributed by atoms with E-state index >= 15 is 0 Å². The average molecular weight is 374 g/mol. The topological polar surface area (TPSA) is 75.7 Å². The summed E-state index contributed by atoms with van der Waals surface area (Å²) < 4.78 is 32.5. The van der Waals surface area contributed by atoms with Crippen LogP contribution in [0, 0.1) is 12.8 Å². The maximum Gasteiger partial charge on any atom is 0.240 e. The smallest absolute Gasteiger partial charge is 0.240 e. The van der Waals surface area contributed by atoms with Crippen molar-refractivity contribution in [3.05, 3.63) is 54.1 Å². The number of hydrogen-bond donors (Lipinski definition) is 1. The molecule has 0 aromatic heterocycles. The number of nitrogens with one attached hydrogen (secondary N) is 1. The van der Waals surface area contributed by atoms with E-state index in [4.69, 9.17) is 4.74 Å². The van der Waals surface area contributed by atoms with Gasteiger partial charge in [-0.2, -0.15) is 0 Å². The zero-order valence-corrected chi connectivity index (χ0v) is 15.6. The summed E-state index contributed by atoms with van der Waals surface area (Å²) >= 11 is 0. The standard InChI is InChI=1S/C19H22N2O4S/c1-14-3-9-18(10-4-14)26(23,24)20-12-15-11-19(22)21(13-15)16-5-7-17(25-2)8-6-16/h3-10,15,20H,11-13H2,1-2H3/t15-/m1/s1. The molecule has 0 radical (unpaired) electrons. The molecule has 1 amide bonds. The van der Waals surface area contributed by atoms with Gasteiger partial charge in [-0.1, -0.05) is 17.7 Å². The van der Waals surface area contributed by atoms with Crippen molar-refractivity contribution in [2.75, 3.05) is 25.1 Å². The average Bonchev–Trinajstić information content (AvgIpc) is 3.01. The van der Waals surface area contributed by atoms with Gasteiger partial charge in [0.1, 0.15) is 5.75 Å². The molecular weight excluding hydrogens is 352 g/mol. The molecule has 7 heteroatoms. The van der Waals surface area contributed by atoms with Gasteiger partial charge in [0.2, 0.25) is 15.9 Å². The minimum absolute atomic E-state index is 0.00491. The van der Waals surface area contributed by atoms with Gasteiger partial charge in [0.05, 0.1) is 12.0 Å². The summed E-state index contributed by atoms with van der Waals surface area (Å²) in [4.78, 5) is 14.2. The molecule has 0 spiro atoms. The van der Waals surface area contributed by atoms with Crippen molar-refractivity contribution in [3.63, 3.8) is 0 Å². The summed E-state index contributed by atoms with van der Waals surface area (Å²) in [7, 11) is -1.98. The first kappa shape index (κ1) is 18.4. The van der Waals surface area contributed by atoms with Crippen LogP contribution in [-0.2, 0) is 14.8 Å². The highest BCUT2D eigenvalue weighted by Gasteiger charge is 2.31. The van der Waals surface area contributed by atoms with Crippen LogP contribution >= 0.6 is 0 Å². The number of sulfonamides is 1. The molecule has 2 aromatic rings. The largest absolute Gasteiger partial charge is 0.497 e. The van der Waals surface area contributed by atoms with E-state index in [2.05, 4.69) is 4.72 Å². The van der Waals surface area contributed by atoms with Gasteiger partial charge in [-0.05, 0) is 49.2 Å². The molecule has 0 bridgehead atoms. The van der Waals surface area contributed by atoms with Gasteiger partial charge in [0, 0.05) is 25.2 Å². The lowest BCUT2D eigenvalue weighted by molar-refractivity contribution is -0.117. The molecule has 0 saturated carbocycles. The molecule has 1 heterocycles. The molecule has 6 nitrogen and oxygen atoms in total. The van der Waals surface area contributed by atoms with E-state index in [1.807, 2.05) is 19.1 Å². The Labute approximate surface area is 153 Å². The number of nitrogens with zero attached hydrogens (tertiary/aromatic N) is 1. The summed E-state index contributed by atoms with van der Waals surface area (Å²) in [5.74, 6) is 0.655. The van der Waals surface area contributed by atoms with Crippen molar-refractivity contribution in [2.24, 2.45) is 5.92 Å². The zero-order chi connectivity index (χ0) is 18.7. The van der Waals surface area contributed by atoms with Crippen LogP contribution in [0.5, 0.6) is 5.75 Å². The van der Waals surface area contributed by atoms with Crippen LogP contribution in [0.4, 0.5) is 5.69 Å². The predicted molar refractivity (Wildman–Crippen MR) is 99.8 cm³/mol. The van der Waals surface area contributed by atoms with Crippen LogP contribution in [0.15, 0.2) is 53.4 Å². The molecule has 1 fully saturated rings. The molecule has 138 valence electrons. The molecule has 1 N–H and O–H groups in total. The summed E-state index contributed by atoms with van der Waals surface area (Å²) in [6.07, 6.45) is 0.322. The highest BCUT2D eigenvalue weighted by molar-refractivity contribution is 7.89. The molecule has 2 aromatic carbocycles. The van der Waals surface area contributed by atoms with Gasteiger partial charge in [-0.3, -0.25) is 4.79 Å². The second-order valence-electron chi connectivity index (χ2n) is 6.44. The van der Waals surface area contributed by atoms with Crippen molar-refractivity contribution in [2.45, 2.75) is 18.2 Å². The Balaban J connectivity index is 1.62. The number of rotatable bonds is 6.